The molecule has 0 bridgehead atoms. The number of aromatic amines is 2. The number of nitrogens with zero attached hydrogens (tertiary/aromatic N) is 2. The van der Waals surface area contributed by atoms with Crippen LogP contribution in [0, 0.1) is 12.7 Å². The lowest BCUT2D eigenvalue weighted by molar-refractivity contribution is -0.136. The summed E-state index contributed by atoms with van der Waals surface area (Å²) in [6.07, 6.45) is 1.67. The average Bonchev–Trinajstić information content (AvgIpc) is 3.53. The van der Waals surface area contributed by atoms with Crippen molar-refractivity contribution in [2.45, 2.75) is 13.5 Å². The molecule has 1 aliphatic rings. The molecule has 6 rings (SSSR count). The maximum Gasteiger partial charge on any atom is 0.279 e. The fourth-order valence-corrected chi connectivity index (χ4v) is 4.99. The van der Waals surface area contributed by atoms with Crippen molar-refractivity contribution in [3.63, 3.8) is 0 Å². The zero-order valence-electron chi connectivity index (χ0n) is 20.1. The van der Waals surface area contributed by atoms with Gasteiger partial charge >= 0.3 is 0 Å². The van der Waals surface area contributed by atoms with Crippen LogP contribution in [0.5, 0.6) is 0 Å². The number of carbonyl (C=O) groups is 2. The first-order valence-corrected chi connectivity index (χ1v) is 12.2. The largest absolute Gasteiger partial charge is 0.361 e. The molecule has 188 valence electrons. The summed E-state index contributed by atoms with van der Waals surface area (Å²) in [5.74, 6) is -1.55. The molecule has 7 nitrogen and oxygen atoms in total. The number of rotatable bonds is 5. The van der Waals surface area contributed by atoms with Crippen molar-refractivity contribution in [2.75, 3.05) is 0 Å². The van der Waals surface area contributed by atoms with Crippen LogP contribution in [0.15, 0.2) is 83.8 Å². The molecule has 2 N–H and O–H groups in total. The van der Waals surface area contributed by atoms with E-state index in [9.17, 15) is 18.8 Å². The first kappa shape index (κ1) is 23.7. The maximum absolute atomic E-state index is 13.9. The number of benzene rings is 3. The average molecular weight is 527 g/mol. The van der Waals surface area contributed by atoms with Gasteiger partial charge in [0.25, 0.3) is 17.4 Å². The molecule has 0 aliphatic carbocycles. The van der Waals surface area contributed by atoms with E-state index in [1.54, 1.807) is 37.4 Å². The Labute approximate surface area is 220 Å². The van der Waals surface area contributed by atoms with Gasteiger partial charge in [-0.15, -0.1) is 0 Å². The van der Waals surface area contributed by atoms with E-state index in [1.807, 2.05) is 24.3 Å². The third-order valence-corrected chi connectivity index (χ3v) is 6.94. The Bertz CT molecular complexity index is 1830. The van der Waals surface area contributed by atoms with E-state index in [4.69, 9.17) is 11.6 Å². The summed E-state index contributed by atoms with van der Waals surface area (Å²) >= 11 is 6.01. The number of aromatic nitrogens is 3. The van der Waals surface area contributed by atoms with Crippen molar-refractivity contribution in [1.82, 2.24) is 19.7 Å². The molecule has 2 aromatic heterocycles. The Kier molecular flexibility index (Phi) is 5.61. The SMILES string of the molecule is Cc1[nH]n(-c2ccc(Cl)cc2)c(=O)c1C1=C(c2c[nH]c3ccccc23)C(=O)N(Cc2ccc(F)cc2)C1=O. The molecule has 0 saturated heterocycles. The molecule has 0 unspecified atom stereocenters. The number of para-hydroxylation sites is 1. The topological polar surface area (TPSA) is 91.0 Å². The standard InChI is InChI=1S/C29H20ClFN4O3/c1-16-24(29(38)35(33-16)20-12-8-18(30)9-13-20)26-25(22-14-32-23-5-3-2-4-21(22)23)27(36)34(28(26)37)15-17-6-10-19(31)11-7-17/h2-14,32-33H,15H2,1H3. The normalized spacial score (nSPS) is 13.8. The molecule has 0 atom stereocenters. The molecule has 3 aromatic carbocycles. The second-order valence-electron chi connectivity index (χ2n) is 9.05. The van der Waals surface area contributed by atoms with Crippen molar-refractivity contribution < 1.29 is 14.0 Å². The Morgan fingerprint density at radius 2 is 1.55 bits per heavy atom. The number of H-pyrrole nitrogens is 2. The highest BCUT2D eigenvalue weighted by Crippen LogP contribution is 2.39. The van der Waals surface area contributed by atoms with E-state index < -0.39 is 23.2 Å². The molecule has 0 radical (unpaired) electrons. The zero-order chi connectivity index (χ0) is 26.6. The summed E-state index contributed by atoms with van der Waals surface area (Å²) in [7, 11) is 0. The van der Waals surface area contributed by atoms with Crippen molar-refractivity contribution in [2.24, 2.45) is 0 Å². The predicted molar refractivity (Wildman–Crippen MR) is 143 cm³/mol. The number of aryl methyl sites for hydroxylation is 1. The zero-order valence-corrected chi connectivity index (χ0v) is 20.8. The predicted octanol–water partition coefficient (Wildman–Crippen LogP) is 5.23. The number of fused-ring (bicyclic) bond motifs is 1. The van der Waals surface area contributed by atoms with Gasteiger partial charge in [-0.25, -0.2) is 9.07 Å². The van der Waals surface area contributed by atoms with Gasteiger partial charge in [-0.2, -0.15) is 0 Å². The number of halogens is 2. The summed E-state index contributed by atoms with van der Waals surface area (Å²) in [4.78, 5) is 45.8. The molecule has 0 fully saturated rings. The lowest BCUT2D eigenvalue weighted by Crippen LogP contribution is -2.31. The molecular formula is C29H20ClFN4O3. The summed E-state index contributed by atoms with van der Waals surface area (Å²) < 4.78 is 14.8. The molecular weight excluding hydrogens is 507 g/mol. The first-order valence-electron chi connectivity index (χ1n) is 11.8. The minimum Gasteiger partial charge on any atom is -0.361 e. The number of hydrogen-bond donors (Lipinski definition) is 2. The molecule has 0 saturated carbocycles. The minimum atomic E-state index is -0.595. The van der Waals surface area contributed by atoms with Crippen molar-refractivity contribution in [3.8, 4) is 5.69 Å². The Hall–Kier alpha value is -4.69. The smallest absolute Gasteiger partial charge is 0.279 e. The van der Waals surface area contributed by atoms with Crippen LogP contribution in [0.3, 0.4) is 0 Å². The van der Waals surface area contributed by atoms with Gasteiger partial charge in [0, 0.05) is 33.4 Å². The molecule has 9 heteroatoms. The Morgan fingerprint density at radius 1 is 0.868 bits per heavy atom. The highest BCUT2D eigenvalue weighted by molar-refractivity contribution is 6.49. The maximum atomic E-state index is 13.9. The number of amides is 2. The summed E-state index contributed by atoms with van der Waals surface area (Å²) in [5.41, 5.74) is 2.65. The third kappa shape index (κ3) is 3.77. The second kappa shape index (κ2) is 9.00. The Balaban J connectivity index is 1.55. The minimum absolute atomic E-state index is 0.0216. The molecule has 0 spiro atoms. The molecule has 1 aliphatic heterocycles. The van der Waals surface area contributed by atoms with Gasteiger partial charge in [0.2, 0.25) is 0 Å². The molecule has 5 aromatic rings. The van der Waals surface area contributed by atoms with Gasteiger partial charge in [0.05, 0.1) is 28.9 Å². The van der Waals surface area contributed by atoms with Crippen LogP contribution in [0.25, 0.3) is 27.7 Å². The van der Waals surface area contributed by atoms with Gasteiger partial charge in [0.15, 0.2) is 0 Å². The van der Waals surface area contributed by atoms with E-state index in [0.29, 0.717) is 27.5 Å². The van der Waals surface area contributed by atoms with Gasteiger partial charge in [0.1, 0.15) is 5.82 Å². The number of hydrogen-bond acceptors (Lipinski definition) is 3. The van der Waals surface area contributed by atoms with E-state index in [-0.39, 0.29) is 23.3 Å². The van der Waals surface area contributed by atoms with Crippen molar-refractivity contribution >= 4 is 45.5 Å². The lowest BCUT2D eigenvalue weighted by atomic mass is 9.96. The fraction of sp³-hybridized carbons (Fsp3) is 0.0690. The lowest BCUT2D eigenvalue weighted by Gasteiger charge is -2.15. The van der Waals surface area contributed by atoms with Gasteiger partial charge in [-0.1, -0.05) is 41.9 Å². The summed E-state index contributed by atoms with van der Waals surface area (Å²) in [6.45, 7) is 1.62. The van der Waals surface area contributed by atoms with Crippen LogP contribution in [-0.4, -0.2) is 31.5 Å². The number of carbonyl (C=O) groups excluding carboxylic acids is 2. The number of imide groups is 1. The van der Waals surface area contributed by atoms with Crippen LogP contribution in [0.1, 0.15) is 22.4 Å². The van der Waals surface area contributed by atoms with Crippen LogP contribution >= 0.6 is 11.6 Å². The molecule has 38 heavy (non-hydrogen) atoms. The van der Waals surface area contributed by atoms with Gasteiger partial charge in [-0.05, 0) is 55.0 Å². The van der Waals surface area contributed by atoms with E-state index in [0.717, 1.165) is 15.8 Å². The highest BCUT2D eigenvalue weighted by atomic mass is 35.5. The molecule has 3 heterocycles. The quantitative estimate of drug-likeness (QED) is 0.307. The molecule has 2 amide bonds. The van der Waals surface area contributed by atoms with Crippen LogP contribution in [0.2, 0.25) is 5.02 Å². The second-order valence-corrected chi connectivity index (χ2v) is 9.49. The van der Waals surface area contributed by atoms with E-state index in [2.05, 4.69) is 10.1 Å². The van der Waals surface area contributed by atoms with Gasteiger partial charge in [-0.3, -0.25) is 24.4 Å². The first-order chi connectivity index (χ1) is 18.3. The van der Waals surface area contributed by atoms with Crippen LogP contribution < -0.4 is 5.56 Å². The number of nitrogens with one attached hydrogen (secondary N) is 2. The third-order valence-electron chi connectivity index (χ3n) is 6.69. The van der Waals surface area contributed by atoms with Crippen LogP contribution in [0.4, 0.5) is 4.39 Å². The van der Waals surface area contributed by atoms with Crippen molar-refractivity contribution in [3.05, 3.63) is 123 Å². The summed E-state index contributed by atoms with van der Waals surface area (Å²) in [5, 5.41) is 4.29. The van der Waals surface area contributed by atoms with Crippen LogP contribution in [-0.2, 0) is 16.1 Å². The van der Waals surface area contributed by atoms with Gasteiger partial charge < -0.3 is 4.98 Å². The van der Waals surface area contributed by atoms with E-state index in [1.165, 1.54) is 28.9 Å². The Morgan fingerprint density at radius 3 is 2.29 bits per heavy atom. The highest BCUT2D eigenvalue weighted by Gasteiger charge is 2.42. The monoisotopic (exact) mass is 526 g/mol. The van der Waals surface area contributed by atoms with Crippen molar-refractivity contribution in [1.29, 1.82) is 0 Å². The van der Waals surface area contributed by atoms with E-state index >= 15 is 0 Å². The summed E-state index contributed by atoms with van der Waals surface area (Å²) in [6, 6.07) is 19.7. The fourth-order valence-electron chi connectivity index (χ4n) is 4.87.